The van der Waals surface area contributed by atoms with Gasteiger partial charge in [0.2, 0.25) is 0 Å². The van der Waals surface area contributed by atoms with E-state index in [1.165, 1.54) is 17.2 Å². The summed E-state index contributed by atoms with van der Waals surface area (Å²) in [7, 11) is 0. The van der Waals surface area contributed by atoms with E-state index in [2.05, 4.69) is 45.0 Å². The van der Waals surface area contributed by atoms with Crippen molar-refractivity contribution in [3.8, 4) is 0 Å². The fourth-order valence-corrected chi connectivity index (χ4v) is 2.73. The second-order valence-electron chi connectivity index (χ2n) is 6.56. The topological polar surface area (TPSA) is 0 Å². The summed E-state index contributed by atoms with van der Waals surface area (Å²) in [6.07, 6.45) is 0.831. The lowest BCUT2D eigenvalue weighted by atomic mass is 9.85. The van der Waals surface area contributed by atoms with Crippen LogP contribution in [0.1, 0.15) is 43.4 Å². The van der Waals surface area contributed by atoms with Gasteiger partial charge >= 0.3 is 0 Å². The molecule has 0 aliphatic heterocycles. The Morgan fingerprint density at radius 2 is 1.71 bits per heavy atom. The molecule has 0 saturated carbocycles. The number of hydrogen-bond acceptors (Lipinski definition) is 0. The van der Waals surface area contributed by atoms with E-state index >= 15 is 0 Å². The van der Waals surface area contributed by atoms with Crippen molar-refractivity contribution in [1.29, 1.82) is 0 Å². The Labute approximate surface area is 132 Å². The molecule has 0 fully saturated rings. The van der Waals surface area contributed by atoms with E-state index in [-0.39, 0.29) is 17.2 Å². The molecule has 0 aliphatic rings. The molecule has 0 nitrogen and oxygen atoms in total. The molecule has 0 spiro atoms. The average Bonchev–Trinajstić information content (AvgIpc) is 2.44. The molecule has 2 heteroatoms. The van der Waals surface area contributed by atoms with Gasteiger partial charge in [0.05, 0.1) is 0 Å². The minimum atomic E-state index is -0.203. The van der Waals surface area contributed by atoms with E-state index in [0.717, 1.165) is 12.0 Å². The van der Waals surface area contributed by atoms with Crippen LogP contribution >= 0.6 is 11.6 Å². The van der Waals surface area contributed by atoms with E-state index in [4.69, 9.17) is 11.6 Å². The largest absolute Gasteiger partial charge is 0.207 e. The number of benzene rings is 2. The van der Waals surface area contributed by atoms with Crippen LogP contribution in [0.15, 0.2) is 48.5 Å². The van der Waals surface area contributed by atoms with Crippen LogP contribution < -0.4 is 0 Å². The first kappa shape index (κ1) is 16.0. The smallest absolute Gasteiger partial charge is 0.123 e. The summed E-state index contributed by atoms with van der Waals surface area (Å²) in [5, 5.41) is 0. The average molecular weight is 305 g/mol. The Kier molecular flexibility index (Phi) is 5.05. The van der Waals surface area contributed by atoms with Gasteiger partial charge in [-0.05, 0) is 40.7 Å². The lowest BCUT2D eigenvalue weighted by Crippen LogP contribution is -2.11. The van der Waals surface area contributed by atoms with Gasteiger partial charge < -0.3 is 0 Å². The molecule has 1 unspecified atom stereocenters. The van der Waals surface area contributed by atoms with Gasteiger partial charge in [-0.25, -0.2) is 4.39 Å². The highest BCUT2D eigenvalue weighted by molar-refractivity contribution is 6.18. The first-order chi connectivity index (χ1) is 9.90. The minimum absolute atomic E-state index is 0.142. The van der Waals surface area contributed by atoms with Crippen LogP contribution in [0.5, 0.6) is 0 Å². The molecular weight excluding hydrogens is 283 g/mol. The molecule has 0 heterocycles. The van der Waals surface area contributed by atoms with Crippen LogP contribution in [0.2, 0.25) is 0 Å². The van der Waals surface area contributed by atoms with Crippen LogP contribution in [0.3, 0.4) is 0 Å². The van der Waals surface area contributed by atoms with E-state index in [9.17, 15) is 4.39 Å². The third kappa shape index (κ3) is 4.31. The van der Waals surface area contributed by atoms with E-state index in [0.29, 0.717) is 5.88 Å². The highest BCUT2D eigenvalue weighted by Crippen LogP contribution is 2.26. The Morgan fingerprint density at radius 3 is 2.24 bits per heavy atom. The molecule has 0 saturated heterocycles. The van der Waals surface area contributed by atoms with Crippen molar-refractivity contribution in [3.63, 3.8) is 0 Å². The van der Waals surface area contributed by atoms with Crippen molar-refractivity contribution in [2.24, 2.45) is 0 Å². The molecule has 2 aromatic carbocycles. The summed E-state index contributed by atoms with van der Waals surface area (Å²) in [5.41, 5.74) is 3.68. The Balaban J connectivity index is 2.15. The SMILES string of the molecule is CC(C)(C)c1ccc(CC(CCl)c2cccc(F)c2)cc1. The number of rotatable bonds is 4. The molecule has 112 valence electrons. The summed E-state index contributed by atoms with van der Waals surface area (Å²) in [6.45, 7) is 6.61. The standard InChI is InChI=1S/C19H22ClF/c1-19(2,3)17-9-7-14(8-10-17)11-16(13-20)15-5-4-6-18(21)12-15/h4-10,12,16H,11,13H2,1-3H3. The molecule has 0 aliphatic carbocycles. The van der Waals surface area contributed by atoms with Gasteiger partial charge in [0.25, 0.3) is 0 Å². The van der Waals surface area contributed by atoms with E-state index in [1.54, 1.807) is 12.1 Å². The molecule has 0 amide bonds. The van der Waals surface area contributed by atoms with Gasteiger partial charge in [0, 0.05) is 11.8 Å². The Bertz CT molecular complexity index is 581. The van der Waals surface area contributed by atoms with Crippen LogP contribution in [0, 0.1) is 5.82 Å². The summed E-state index contributed by atoms with van der Waals surface area (Å²) in [6, 6.07) is 15.4. The van der Waals surface area contributed by atoms with Crippen molar-refractivity contribution in [3.05, 3.63) is 71.0 Å². The van der Waals surface area contributed by atoms with Gasteiger partial charge in [-0.3, -0.25) is 0 Å². The quantitative estimate of drug-likeness (QED) is 0.637. The van der Waals surface area contributed by atoms with Crippen LogP contribution in [0.25, 0.3) is 0 Å². The summed E-state index contributed by atoms with van der Waals surface area (Å²) in [4.78, 5) is 0. The summed E-state index contributed by atoms with van der Waals surface area (Å²) in [5.74, 6) is 0.429. The van der Waals surface area contributed by atoms with Crippen LogP contribution in [-0.2, 0) is 11.8 Å². The molecule has 1 atom stereocenters. The van der Waals surface area contributed by atoms with Crippen molar-refractivity contribution in [2.75, 3.05) is 5.88 Å². The summed E-state index contributed by atoms with van der Waals surface area (Å²) < 4.78 is 13.3. The van der Waals surface area contributed by atoms with Crippen molar-refractivity contribution in [1.82, 2.24) is 0 Å². The second-order valence-corrected chi connectivity index (χ2v) is 6.87. The summed E-state index contributed by atoms with van der Waals surface area (Å²) >= 11 is 6.09. The Morgan fingerprint density at radius 1 is 1.05 bits per heavy atom. The maximum absolute atomic E-state index is 13.3. The molecule has 0 N–H and O–H groups in total. The van der Waals surface area contributed by atoms with Gasteiger partial charge in [-0.1, -0.05) is 57.2 Å². The zero-order chi connectivity index (χ0) is 15.5. The number of halogens is 2. The first-order valence-corrected chi connectivity index (χ1v) is 7.84. The van der Waals surface area contributed by atoms with Crippen molar-refractivity contribution < 1.29 is 4.39 Å². The fourth-order valence-electron chi connectivity index (χ4n) is 2.45. The zero-order valence-corrected chi connectivity index (χ0v) is 13.6. The van der Waals surface area contributed by atoms with Gasteiger partial charge in [-0.2, -0.15) is 0 Å². The molecule has 0 radical (unpaired) electrons. The lowest BCUT2D eigenvalue weighted by molar-refractivity contribution is 0.589. The molecule has 0 aromatic heterocycles. The second kappa shape index (κ2) is 6.62. The third-order valence-electron chi connectivity index (χ3n) is 3.81. The highest BCUT2D eigenvalue weighted by Gasteiger charge is 2.15. The monoisotopic (exact) mass is 304 g/mol. The fraction of sp³-hybridized carbons (Fsp3) is 0.368. The minimum Gasteiger partial charge on any atom is -0.207 e. The van der Waals surface area contributed by atoms with Gasteiger partial charge in [0.1, 0.15) is 5.82 Å². The first-order valence-electron chi connectivity index (χ1n) is 7.31. The van der Waals surface area contributed by atoms with Crippen LogP contribution in [0.4, 0.5) is 4.39 Å². The molecule has 2 aromatic rings. The third-order valence-corrected chi connectivity index (χ3v) is 4.18. The van der Waals surface area contributed by atoms with Crippen LogP contribution in [-0.4, -0.2) is 5.88 Å². The van der Waals surface area contributed by atoms with Gasteiger partial charge in [-0.15, -0.1) is 11.6 Å². The van der Waals surface area contributed by atoms with Crippen molar-refractivity contribution in [2.45, 2.75) is 38.5 Å². The zero-order valence-electron chi connectivity index (χ0n) is 12.9. The highest BCUT2D eigenvalue weighted by atomic mass is 35.5. The Hall–Kier alpha value is -1.34. The molecule has 0 bridgehead atoms. The number of alkyl halides is 1. The molecule has 21 heavy (non-hydrogen) atoms. The van der Waals surface area contributed by atoms with Crippen molar-refractivity contribution >= 4 is 11.6 Å². The predicted molar refractivity (Wildman–Crippen MR) is 88.7 cm³/mol. The predicted octanol–water partition coefficient (Wildman–Crippen LogP) is 5.69. The number of hydrogen-bond donors (Lipinski definition) is 0. The lowest BCUT2D eigenvalue weighted by Gasteiger charge is -2.20. The van der Waals surface area contributed by atoms with E-state index in [1.807, 2.05) is 6.07 Å². The van der Waals surface area contributed by atoms with Gasteiger partial charge in [0.15, 0.2) is 0 Å². The molecule has 2 rings (SSSR count). The molecular formula is C19H22ClF. The normalized spacial score (nSPS) is 13.2. The maximum atomic E-state index is 13.3. The van der Waals surface area contributed by atoms with E-state index < -0.39 is 0 Å². The maximum Gasteiger partial charge on any atom is 0.123 e.